The van der Waals surface area contributed by atoms with E-state index < -0.39 is 5.56 Å². The molecule has 4 rings (SSSR count). The van der Waals surface area contributed by atoms with Crippen LogP contribution >= 0.6 is 11.6 Å². The van der Waals surface area contributed by atoms with Gasteiger partial charge in [0.25, 0.3) is 11.1 Å². The first kappa shape index (κ1) is 14.9. The molecule has 0 fully saturated rings. The molecule has 3 aromatic rings. The molecule has 0 bridgehead atoms. The Morgan fingerprint density at radius 3 is 2.79 bits per heavy atom. The Morgan fingerprint density at radius 1 is 1.12 bits per heavy atom. The summed E-state index contributed by atoms with van der Waals surface area (Å²) in [4.78, 5) is 27.9. The van der Waals surface area contributed by atoms with Gasteiger partial charge in [-0.05, 0) is 43.9 Å². The molecule has 0 unspecified atom stereocenters. The normalized spacial score (nSPS) is 14.4. The van der Waals surface area contributed by atoms with E-state index in [1.807, 2.05) is 0 Å². The number of hydrogen-bond donors (Lipinski definition) is 2. The minimum Gasteiger partial charge on any atom is -0.341 e. The number of aromatic amines is 2. The SMILES string of the molecule is O=c1[nH]n2c(=O)c3c([nH]c2c1N=Nc1cccc(Cl)c1)CCCC3. The highest BCUT2D eigenvalue weighted by molar-refractivity contribution is 6.30. The second-order valence-electron chi connectivity index (χ2n) is 5.75. The predicted octanol–water partition coefficient (Wildman–Crippen LogP) is 3.26. The lowest BCUT2D eigenvalue weighted by atomic mass is 9.97. The number of aromatic nitrogens is 3. The van der Waals surface area contributed by atoms with Gasteiger partial charge >= 0.3 is 0 Å². The zero-order chi connectivity index (χ0) is 16.7. The van der Waals surface area contributed by atoms with Crippen LogP contribution in [0.1, 0.15) is 24.1 Å². The summed E-state index contributed by atoms with van der Waals surface area (Å²) in [6, 6.07) is 6.84. The fourth-order valence-electron chi connectivity index (χ4n) is 2.99. The largest absolute Gasteiger partial charge is 0.341 e. The Balaban J connectivity index is 1.87. The summed E-state index contributed by atoms with van der Waals surface area (Å²) >= 11 is 5.91. The molecule has 1 aromatic carbocycles. The smallest absolute Gasteiger partial charge is 0.294 e. The average molecular weight is 344 g/mol. The van der Waals surface area contributed by atoms with Crippen LogP contribution < -0.4 is 11.1 Å². The maximum atomic E-state index is 12.5. The molecule has 0 saturated heterocycles. The van der Waals surface area contributed by atoms with E-state index in [2.05, 4.69) is 20.3 Å². The van der Waals surface area contributed by atoms with Gasteiger partial charge in [-0.15, -0.1) is 5.11 Å². The number of H-pyrrole nitrogens is 2. The van der Waals surface area contributed by atoms with Crippen LogP contribution in [0.4, 0.5) is 11.4 Å². The number of aryl methyl sites for hydroxylation is 1. The van der Waals surface area contributed by atoms with E-state index in [0.717, 1.165) is 36.9 Å². The summed E-state index contributed by atoms with van der Waals surface area (Å²) in [7, 11) is 0. The summed E-state index contributed by atoms with van der Waals surface area (Å²) in [6.45, 7) is 0. The topological polar surface area (TPSA) is 94.8 Å². The Hall–Kier alpha value is -2.67. The maximum absolute atomic E-state index is 12.5. The molecule has 8 heteroatoms. The molecule has 2 heterocycles. The van der Waals surface area contributed by atoms with Gasteiger partial charge in [0.2, 0.25) is 0 Å². The second kappa shape index (κ2) is 5.76. The average Bonchev–Trinajstić information content (AvgIpc) is 2.89. The first-order valence-electron chi connectivity index (χ1n) is 7.69. The summed E-state index contributed by atoms with van der Waals surface area (Å²) in [5, 5.41) is 11.1. The fourth-order valence-corrected chi connectivity index (χ4v) is 3.17. The van der Waals surface area contributed by atoms with Crippen LogP contribution in [-0.2, 0) is 12.8 Å². The molecule has 0 aliphatic heterocycles. The van der Waals surface area contributed by atoms with Crippen LogP contribution in [-0.4, -0.2) is 14.6 Å². The quantitative estimate of drug-likeness (QED) is 0.698. The lowest BCUT2D eigenvalue weighted by Crippen LogP contribution is -2.25. The van der Waals surface area contributed by atoms with E-state index >= 15 is 0 Å². The molecule has 1 aliphatic rings. The maximum Gasteiger partial charge on any atom is 0.294 e. The molecular weight excluding hydrogens is 330 g/mol. The van der Waals surface area contributed by atoms with E-state index in [1.54, 1.807) is 24.3 Å². The zero-order valence-corrected chi connectivity index (χ0v) is 13.4. The van der Waals surface area contributed by atoms with Crippen LogP contribution in [0, 0.1) is 0 Å². The predicted molar refractivity (Wildman–Crippen MR) is 90.9 cm³/mol. The lowest BCUT2D eigenvalue weighted by molar-refractivity contribution is 0.651. The van der Waals surface area contributed by atoms with Gasteiger partial charge in [0.05, 0.1) is 5.69 Å². The van der Waals surface area contributed by atoms with E-state index in [1.165, 1.54) is 4.52 Å². The van der Waals surface area contributed by atoms with Crippen LogP contribution in [0.25, 0.3) is 5.65 Å². The first-order valence-corrected chi connectivity index (χ1v) is 8.07. The van der Waals surface area contributed by atoms with E-state index in [9.17, 15) is 9.59 Å². The van der Waals surface area contributed by atoms with Gasteiger partial charge in [-0.1, -0.05) is 17.7 Å². The van der Waals surface area contributed by atoms with Crippen molar-refractivity contribution in [2.75, 3.05) is 0 Å². The molecule has 0 radical (unpaired) electrons. The molecular formula is C16H14ClN5O2. The molecule has 0 spiro atoms. The Kier molecular flexibility index (Phi) is 3.57. The van der Waals surface area contributed by atoms with Crippen LogP contribution in [0.2, 0.25) is 5.02 Å². The highest BCUT2D eigenvalue weighted by Gasteiger charge is 2.19. The minimum absolute atomic E-state index is 0.0837. The van der Waals surface area contributed by atoms with Crippen molar-refractivity contribution in [3.05, 3.63) is 61.3 Å². The fraction of sp³-hybridized carbons (Fsp3) is 0.250. The van der Waals surface area contributed by atoms with Gasteiger partial charge < -0.3 is 4.98 Å². The Morgan fingerprint density at radius 2 is 1.96 bits per heavy atom. The van der Waals surface area contributed by atoms with Crippen molar-refractivity contribution in [3.8, 4) is 0 Å². The van der Waals surface area contributed by atoms with Crippen LogP contribution in [0.3, 0.4) is 0 Å². The van der Waals surface area contributed by atoms with Gasteiger partial charge in [0.15, 0.2) is 11.3 Å². The standard InChI is InChI=1S/C16H14ClN5O2/c17-9-4-3-5-10(8-9)19-20-13-14-18-12-7-2-1-6-11(12)16(24)22(14)21-15(13)23/h3-5,8,18H,1-2,6-7H2,(H,21,23). The molecule has 24 heavy (non-hydrogen) atoms. The van der Waals surface area contributed by atoms with Crippen LogP contribution in [0.15, 0.2) is 44.1 Å². The third kappa shape index (κ3) is 2.46. The van der Waals surface area contributed by atoms with Gasteiger partial charge in [0.1, 0.15) is 0 Å². The van der Waals surface area contributed by atoms with E-state index in [-0.39, 0.29) is 11.2 Å². The molecule has 2 N–H and O–H groups in total. The Labute approximate surface area is 141 Å². The summed E-state index contributed by atoms with van der Waals surface area (Å²) < 4.78 is 1.22. The number of nitrogens with zero attached hydrogens (tertiary/aromatic N) is 3. The van der Waals surface area contributed by atoms with Crippen molar-refractivity contribution in [2.24, 2.45) is 10.2 Å². The molecule has 0 atom stereocenters. The highest BCUT2D eigenvalue weighted by atomic mass is 35.5. The molecule has 0 amide bonds. The highest BCUT2D eigenvalue weighted by Crippen LogP contribution is 2.23. The van der Waals surface area contributed by atoms with E-state index in [4.69, 9.17) is 11.6 Å². The van der Waals surface area contributed by atoms with Gasteiger partial charge in [-0.2, -0.15) is 9.63 Å². The first-order chi connectivity index (χ1) is 11.6. The van der Waals surface area contributed by atoms with Crippen molar-refractivity contribution < 1.29 is 0 Å². The number of hydrogen-bond acceptors (Lipinski definition) is 4. The number of halogens is 1. The summed E-state index contributed by atoms with van der Waals surface area (Å²) in [5.74, 6) is 0. The van der Waals surface area contributed by atoms with Crippen molar-refractivity contribution >= 4 is 28.6 Å². The van der Waals surface area contributed by atoms with Gasteiger partial charge in [-0.3, -0.25) is 14.7 Å². The van der Waals surface area contributed by atoms with Gasteiger partial charge in [-0.25, -0.2) is 0 Å². The number of nitrogens with one attached hydrogen (secondary N) is 2. The molecule has 0 saturated carbocycles. The number of azo groups is 1. The molecule has 7 nitrogen and oxygen atoms in total. The Bertz CT molecular complexity index is 1080. The van der Waals surface area contributed by atoms with E-state index in [0.29, 0.717) is 16.4 Å². The molecule has 2 aromatic heterocycles. The van der Waals surface area contributed by atoms with Crippen molar-refractivity contribution in [1.82, 2.24) is 14.6 Å². The van der Waals surface area contributed by atoms with Crippen molar-refractivity contribution in [2.45, 2.75) is 25.7 Å². The third-order valence-corrected chi connectivity index (χ3v) is 4.38. The number of fused-ring (bicyclic) bond motifs is 2. The molecule has 122 valence electrons. The lowest BCUT2D eigenvalue weighted by Gasteiger charge is -2.14. The van der Waals surface area contributed by atoms with Crippen molar-refractivity contribution in [1.29, 1.82) is 0 Å². The monoisotopic (exact) mass is 343 g/mol. The third-order valence-electron chi connectivity index (χ3n) is 4.15. The minimum atomic E-state index is -0.462. The summed E-state index contributed by atoms with van der Waals surface area (Å²) in [6.07, 6.45) is 3.52. The summed E-state index contributed by atoms with van der Waals surface area (Å²) in [5.41, 5.74) is 1.91. The zero-order valence-electron chi connectivity index (χ0n) is 12.7. The number of rotatable bonds is 2. The molecule has 1 aliphatic carbocycles. The van der Waals surface area contributed by atoms with Crippen LogP contribution in [0.5, 0.6) is 0 Å². The van der Waals surface area contributed by atoms with Gasteiger partial charge in [0, 0.05) is 16.3 Å². The number of benzene rings is 1. The second-order valence-corrected chi connectivity index (χ2v) is 6.18. The van der Waals surface area contributed by atoms with Crippen molar-refractivity contribution in [3.63, 3.8) is 0 Å².